The summed E-state index contributed by atoms with van der Waals surface area (Å²) in [5.74, 6) is -0.0608. The molecule has 0 aromatic carbocycles. The fraction of sp³-hybridized carbons (Fsp3) is 0.571. The van der Waals surface area contributed by atoms with Crippen LogP contribution in [0.25, 0.3) is 0 Å². The molecule has 1 aromatic heterocycles. The quantitative estimate of drug-likeness (QED) is 0.679. The minimum absolute atomic E-state index is 0.0409. The van der Waals surface area contributed by atoms with Crippen LogP contribution in [-0.4, -0.2) is 18.1 Å². The highest BCUT2D eigenvalue weighted by Gasteiger charge is 2.24. The van der Waals surface area contributed by atoms with Gasteiger partial charge in [-0.3, -0.25) is 0 Å². The van der Waals surface area contributed by atoms with Gasteiger partial charge in [0.05, 0.1) is 17.8 Å². The van der Waals surface area contributed by atoms with Crippen LogP contribution in [0.1, 0.15) is 48.2 Å². The Hall–Kier alpha value is -1.00. The Bertz CT molecular complexity index is 514. The number of carbonyl (C=O) groups excluding carboxylic acids is 1. The van der Waals surface area contributed by atoms with Gasteiger partial charge in [-0.1, -0.05) is 55.3 Å². The number of nitrogens with two attached hydrogens (primary N) is 1. The maximum atomic E-state index is 11.7. The first-order chi connectivity index (χ1) is 9.54. The lowest BCUT2D eigenvalue weighted by Crippen LogP contribution is -2.14. The molecule has 0 bridgehead atoms. The zero-order chi connectivity index (χ0) is 14.7. The van der Waals surface area contributed by atoms with Crippen LogP contribution in [0.5, 0.6) is 0 Å². The Balaban J connectivity index is 2.34. The average molecular weight is 317 g/mol. The van der Waals surface area contributed by atoms with E-state index in [9.17, 15) is 4.79 Å². The number of anilines is 1. The zero-order valence-corrected chi connectivity index (χ0v) is 12.9. The number of halogens is 2. The Kier molecular flexibility index (Phi) is 5.11. The third-order valence-corrected chi connectivity index (χ3v) is 4.52. The van der Waals surface area contributed by atoms with Gasteiger partial charge in [0, 0.05) is 0 Å². The van der Waals surface area contributed by atoms with Gasteiger partial charge in [0.2, 0.25) is 0 Å². The molecule has 0 amide bonds. The van der Waals surface area contributed by atoms with Crippen LogP contribution in [0.3, 0.4) is 0 Å². The smallest absolute Gasteiger partial charge is 0.358 e. The number of aromatic nitrogens is 1. The highest BCUT2D eigenvalue weighted by Crippen LogP contribution is 2.35. The third-order valence-electron chi connectivity index (χ3n) is 3.83. The van der Waals surface area contributed by atoms with Gasteiger partial charge in [0.15, 0.2) is 10.8 Å². The molecule has 0 saturated heterocycles. The molecule has 1 aromatic rings. The van der Waals surface area contributed by atoms with E-state index in [1.165, 1.54) is 26.4 Å². The van der Waals surface area contributed by atoms with Gasteiger partial charge in [-0.15, -0.1) is 0 Å². The number of pyridine rings is 1. The minimum Gasteiger partial charge on any atom is -0.464 e. The monoisotopic (exact) mass is 316 g/mol. The largest absolute Gasteiger partial charge is 0.464 e. The molecule has 1 heterocycles. The predicted octanol–water partition coefficient (Wildman–Crippen LogP) is 3.88. The average Bonchev–Trinajstić information content (AvgIpc) is 2.47. The first-order valence-corrected chi connectivity index (χ1v) is 7.51. The Labute approximate surface area is 128 Å². The van der Waals surface area contributed by atoms with E-state index < -0.39 is 5.97 Å². The van der Waals surface area contributed by atoms with Gasteiger partial charge in [-0.2, -0.15) is 0 Å². The molecule has 2 rings (SSSR count). The highest BCUT2D eigenvalue weighted by atomic mass is 35.5. The maximum absolute atomic E-state index is 11.7. The molecule has 0 radical (unpaired) electrons. The maximum Gasteiger partial charge on any atom is 0.358 e. The van der Waals surface area contributed by atoms with E-state index in [4.69, 9.17) is 28.9 Å². The van der Waals surface area contributed by atoms with Crippen LogP contribution in [0.2, 0.25) is 10.2 Å². The molecule has 2 N–H and O–H groups in total. The molecule has 4 nitrogen and oxygen atoms in total. The number of hydrogen-bond donors (Lipinski definition) is 1. The standard InChI is InChI=1S/C14H18Cl2N2O2/c1-20-14(19)12-10(15)9(11(17)13(16)18-12)7-8-5-3-2-4-6-8/h8H,2-7,17H2,1H3. The molecular formula is C14H18Cl2N2O2. The van der Waals surface area contributed by atoms with Crippen molar-refractivity contribution >= 4 is 34.9 Å². The lowest BCUT2D eigenvalue weighted by molar-refractivity contribution is 0.0594. The number of methoxy groups -OCH3 is 1. The van der Waals surface area contributed by atoms with Crippen molar-refractivity contribution < 1.29 is 9.53 Å². The van der Waals surface area contributed by atoms with Crippen molar-refractivity contribution in [2.75, 3.05) is 12.8 Å². The van der Waals surface area contributed by atoms with E-state index in [0.717, 1.165) is 24.8 Å². The van der Waals surface area contributed by atoms with Crippen LogP contribution < -0.4 is 5.73 Å². The van der Waals surface area contributed by atoms with Crippen molar-refractivity contribution in [1.82, 2.24) is 4.98 Å². The third kappa shape index (κ3) is 3.18. The molecule has 1 saturated carbocycles. The van der Waals surface area contributed by atoms with Gasteiger partial charge in [0.25, 0.3) is 0 Å². The minimum atomic E-state index is -0.596. The molecule has 0 atom stereocenters. The summed E-state index contributed by atoms with van der Waals surface area (Å²) in [7, 11) is 1.28. The molecule has 0 aliphatic heterocycles. The van der Waals surface area contributed by atoms with E-state index >= 15 is 0 Å². The molecular weight excluding hydrogens is 299 g/mol. The lowest BCUT2D eigenvalue weighted by atomic mass is 9.84. The van der Waals surface area contributed by atoms with Crippen LogP contribution in [0.4, 0.5) is 5.69 Å². The predicted molar refractivity (Wildman–Crippen MR) is 80.3 cm³/mol. The van der Waals surface area contributed by atoms with Crippen molar-refractivity contribution in [3.8, 4) is 0 Å². The number of rotatable bonds is 3. The molecule has 0 unspecified atom stereocenters. The summed E-state index contributed by atoms with van der Waals surface area (Å²) in [6, 6.07) is 0. The molecule has 6 heteroatoms. The molecule has 20 heavy (non-hydrogen) atoms. The summed E-state index contributed by atoms with van der Waals surface area (Å²) in [5, 5.41) is 0.380. The molecule has 0 spiro atoms. The van der Waals surface area contributed by atoms with Crippen molar-refractivity contribution in [3.63, 3.8) is 0 Å². The number of carbonyl (C=O) groups is 1. The summed E-state index contributed by atoms with van der Waals surface area (Å²) in [6.45, 7) is 0. The highest BCUT2D eigenvalue weighted by molar-refractivity contribution is 6.36. The van der Waals surface area contributed by atoms with Crippen LogP contribution in [-0.2, 0) is 11.2 Å². The second kappa shape index (κ2) is 6.64. The SMILES string of the molecule is COC(=O)c1nc(Cl)c(N)c(CC2CCCCC2)c1Cl. The van der Waals surface area contributed by atoms with Crippen molar-refractivity contribution in [1.29, 1.82) is 0 Å². The summed E-state index contributed by atoms with van der Waals surface area (Å²) < 4.78 is 4.67. The van der Waals surface area contributed by atoms with Crippen LogP contribution >= 0.6 is 23.2 Å². The summed E-state index contributed by atoms with van der Waals surface area (Å²) in [4.78, 5) is 15.6. The van der Waals surface area contributed by atoms with Crippen molar-refractivity contribution in [2.45, 2.75) is 38.5 Å². The number of ether oxygens (including phenoxy) is 1. The summed E-state index contributed by atoms with van der Waals surface area (Å²) >= 11 is 12.3. The second-order valence-electron chi connectivity index (χ2n) is 5.16. The van der Waals surface area contributed by atoms with E-state index in [-0.39, 0.29) is 15.9 Å². The molecule has 110 valence electrons. The van der Waals surface area contributed by atoms with Gasteiger partial charge in [0.1, 0.15) is 0 Å². The summed E-state index contributed by atoms with van der Waals surface area (Å²) in [6.07, 6.45) is 6.78. The molecule has 1 fully saturated rings. The van der Waals surface area contributed by atoms with E-state index in [2.05, 4.69) is 9.72 Å². The van der Waals surface area contributed by atoms with Gasteiger partial charge in [-0.25, -0.2) is 9.78 Å². The Morgan fingerprint density at radius 2 is 2.00 bits per heavy atom. The van der Waals surface area contributed by atoms with Crippen LogP contribution in [0, 0.1) is 5.92 Å². The van der Waals surface area contributed by atoms with Crippen LogP contribution in [0.15, 0.2) is 0 Å². The zero-order valence-electron chi connectivity index (χ0n) is 11.4. The number of nitrogen functional groups attached to an aromatic ring is 1. The fourth-order valence-electron chi connectivity index (χ4n) is 2.70. The van der Waals surface area contributed by atoms with Gasteiger partial charge < -0.3 is 10.5 Å². The normalized spacial score (nSPS) is 16.1. The number of esters is 1. The first-order valence-electron chi connectivity index (χ1n) is 6.76. The molecule has 1 aliphatic rings. The van der Waals surface area contributed by atoms with Crippen molar-refractivity contribution in [2.24, 2.45) is 5.92 Å². The lowest BCUT2D eigenvalue weighted by Gasteiger charge is -2.23. The topological polar surface area (TPSA) is 65.2 Å². The second-order valence-corrected chi connectivity index (χ2v) is 5.89. The van der Waals surface area contributed by atoms with Crippen molar-refractivity contribution in [3.05, 3.63) is 21.4 Å². The van der Waals surface area contributed by atoms with E-state index in [0.29, 0.717) is 11.6 Å². The number of nitrogens with zero attached hydrogens (tertiary/aromatic N) is 1. The van der Waals surface area contributed by atoms with E-state index in [1.54, 1.807) is 0 Å². The summed E-state index contributed by atoms with van der Waals surface area (Å²) in [5.41, 5.74) is 7.11. The Morgan fingerprint density at radius 3 is 2.60 bits per heavy atom. The number of hydrogen-bond acceptors (Lipinski definition) is 4. The fourth-order valence-corrected chi connectivity index (χ4v) is 3.20. The van der Waals surface area contributed by atoms with Gasteiger partial charge in [-0.05, 0) is 17.9 Å². The first kappa shape index (κ1) is 15.4. The molecule has 1 aliphatic carbocycles. The Morgan fingerprint density at radius 1 is 1.35 bits per heavy atom. The van der Waals surface area contributed by atoms with Gasteiger partial charge >= 0.3 is 5.97 Å². The van der Waals surface area contributed by atoms with E-state index in [1.807, 2.05) is 0 Å².